The third-order valence-electron chi connectivity index (χ3n) is 4.96. The summed E-state index contributed by atoms with van der Waals surface area (Å²) in [5.41, 5.74) is -0.0393. The van der Waals surface area contributed by atoms with E-state index in [4.69, 9.17) is 19.5 Å². The fourth-order valence-electron chi connectivity index (χ4n) is 3.24. The first-order valence-corrected chi connectivity index (χ1v) is 11.5. The molecule has 9 nitrogen and oxygen atoms in total. The summed E-state index contributed by atoms with van der Waals surface area (Å²) in [4.78, 5) is 39.9. The lowest BCUT2D eigenvalue weighted by molar-refractivity contribution is -0.121. The Labute approximate surface area is 210 Å². The predicted molar refractivity (Wildman–Crippen MR) is 131 cm³/mol. The van der Waals surface area contributed by atoms with Gasteiger partial charge in [0.15, 0.2) is 18.1 Å². The van der Waals surface area contributed by atoms with Gasteiger partial charge in [0.1, 0.15) is 5.82 Å². The minimum absolute atomic E-state index is 0.0381. The molecule has 0 aliphatic rings. The van der Waals surface area contributed by atoms with Crippen molar-refractivity contribution in [2.24, 2.45) is 0 Å². The Bertz CT molecular complexity index is 1290. The van der Waals surface area contributed by atoms with Gasteiger partial charge in [0, 0.05) is 18.7 Å². The molecule has 0 saturated carbocycles. The van der Waals surface area contributed by atoms with Crippen LogP contribution in [-0.2, 0) is 9.53 Å². The van der Waals surface area contributed by atoms with Gasteiger partial charge in [-0.1, -0.05) is 18.2 Å². The van der Waals surface area contributed by atoms with E-state index in [-0.39, 0.29) is 41.4 Å². The van der Waals surface area contributed by atoms with Gasteiger partial charge in [-0.25, -0.2) is 9.18 Å². The molecule has 0 fully saturated rings. The minimum Gasteiger partial charge on any atom is -0.493 e. The molecule has 0 bridgehead atoms. The first-order chi connectivity index (χ1) is 17.4. The van der Waals surface area contributed by atoms with Crippen molar-refractivity contribution in [2.45, 2.75) is 6.42 Å². The molecule has 1 heterocycles. The summed E-state index contributed by atoms with van der Waals surface area (Å²) >= 11 is 1.22. The number of methoxy groups -OCH3 is 2. The van der Waals surface area contributed by atoms with Gasteiger partial charge < -0.3 is 24.4 Å². The fraction of sp³-hybridized carbons (Fsp3) is 0.200. The third-order valence-corrected chi connectivity index (χ3v) is 5.82. The van der Waals surface area contributed by atoms with Gasteiger partial charge in [0.2, 0.25) is 0 Å². The van der Waals surface area contributed by atoms with Crippen LogP contribution in [0.1, 0.15) is 26.5 Å². The summed E-state index contributed by atoms with van der Waals surface area (Å²) in [6.07, 6.45) is -0.0530. The number of ether oxygens (including phenoxy) is 3. The number of carbonyl (C=O) groups excluding carboxylic acids is 3. The predicted octanol–water partition coefficient (Wildman–Crippen LogP) is 4.26. The first-order valence-electron chi connectivity index (χ1n) is 10.6. The number of carbonyl (C=O) groups is 3. The minimum atomic E-state index is -0.931. The van der Waals surface area contributed by atoms with E-state index in [0.717, 1.165) is 4.90 Å². The summed E-state index contributed by atoms with van der Waals surface area (Å²) in [5.74, 6) is -2.31. The molecule has 0 unspecified atom stereocenters. The summed E-state index contributed by atoms with van der Waals surface area (Å²) in [5, 5.41) is 13.3. The van der Waals surface area contributed by atoms with Gasteiger partial charge in [-0.2, -0.15) is 5.26 Å². The molecule has 0 spiro atoms. The van der Waals surface area contributed by atoms with Gasteiger partial charge in [-0.3, -0.25) is 9.59 Å². The van der Waals surface area contributed by atoms with Crippen molar-refractivity contribution in [2.75, 3.05) is 37.6 Å². The van der Waals surface area contributed by atoms with E-state index in [2.05, 4.69) is 5.32 Å². The molecular weight excluding hydrogens is 489 g/mol. The van der Waals surface area contributed by atoms with Crippen molar-refractivity contribution in [1.29, 1.82) is 5.26 Å². The molecular formula is C25H22FN3O6S. The summed E-state index contributed by atoms with van der Waals surface area (Å²) in [7, 11) is 2.78. The van der Waals surface area contributed by atoms with Crippen molar-refractivity contribution in [3.8, 4) is 17.6 Å². The number of nitrogens with one attached hydrogen (secondary N) is 1. The molecule has 0 saturated heterocycles. The Kier molecular flexibility index (Phi) is 8.96. The second-order valence-corrected chi connectivity index (χ2v) is 8.11. The first kappa shape index (κ1) is 26.2. The Morgan fingerprint density at radius 1 is 1.08 bits per heavy atom. The molecule has 0 atom stereocenters. The van der Waals surface area contributed by atoms with E-state index in [0.29, 0.717) is 4.88 Å². The number of rotatable bonds is 10. The van der Waals surface area contributed by atoms with E-state index in [1.165, 1.54) is 55.9 Å². The number of benzene rings is 2. The van der Waals surface area contributed by atoms with Crippen molar-refractivity contribution in [3.63, 3.8) is 0 Å². The molecule has 186 valence electrons. The van der Waals surface area contributed by atoms with Crippen LogP contribution in [0.3, 0.4) is 0 Å². The highest BCUT2D eigenvalue weighted by molar-refractivity contribution is 7.12. The molecule has 0 radical (unpaired) electrons. The SMILES string of the molecule is COc1cc(NC(=O)c2cccs2)c(C(=O)OCC(=O)N(CCC#N)c2ccccc2F)cc1OC. The van der Waals surface area contributed by atoms with E-state index in [9.17, 15) is 18.8 Å². The van der Waals surface area contributed by atoms with Crippen LogP contribution < -0.4 is 19.7 Å². The maximum Gasteiger partial charge on any atom is 0.340 e. The van der Waals surface area contributed by atoms with Crippen LogP contribution in [-0.4, -0.2) is 45.2 Å². The largest absolute Gasteiger partial charge is 0.493 e. The zero-order valence-corrected chi connectivity index (χ0v) is 20.3. The van der Waals surface area contributed by atoms with Gasteiger partial charge in [0.05, 0.1) is 48.5 Å². The number of halogens is 1. The number of hydrogen-bond donors (Lipinski definition) is 1. The number of anilines is 2. The normalized spacial score (nSPS) is 10.2. The summed E-state index contributed by atoms with van der Waals surface area (Å²) in [6.45, 7) is -0.822. The highest BCUT2D eigenvalue weighted by Gasteiger charge is 2.24. The highest BCUT2D eigenvalue weighted by atomic mass is 32.1. The molecule has 3 aromatic rings. The standard InChI is InChI=1S/C25H22FN3O6S/c1-33-20-13-16(18(14-21(20)34-2)28-24(31)22-9-5-12-36-22)25(32)35-15-23(30)29(11-6-10-27)19-8-4-3-7-17(19)26/h3-5,7-9,12-14H,6,11,15H2,1-2H3,(H,28,31). The Hall–Kier alpha value is -4.43. The van der Waals surface area contributed by atoms with E-state index < -0.39 is 30.2 Å². The molecule has 36 heavy (non-hydrogen) atoms. The van der Waals surface area contributed by atoms with Crippen LogP contribution in [0.4, 0.5) is 15.8 Å². The molecule has 3 rings (SSSR count). The quantitative estimate of drug-likeness (QED) is 0.404. The maximum atomic E-state index is 14.3. The van der Waals surface area contributed by atoms with E-state index >= 15 is 0 Å². The molecule has 2 aromatic carbocycles. The van der Waals surface area contributed by atoms with Crippen molar-refractivity contribution >= 4 is 40.5 Å². The van der Waals surface area contributed by atoms with Crippen LogP contribution in [0.25, 0.3) is 0 Å². The van der Waals surface area contributed by atoms with Crippen LogP contribution in [0, 0.1) is 17.1 Å². The number of hydrogen-bond acceptors (Lipinski definition) is 8. The lowest BCUT2D eigenvalue weighted by Gasteiger charge is -2.22. The average molecular weight is 512 g/mol. The van der Waals surface area contributed by atoms with Crippen molar-refractivity contribution in [1.82, 2.24) is 0 Å². The number of thiophene rings is 1. The molecule has 2 amide bonds. The average Bonchev–Trinajstić information content (AvgIpc) is 3.43. The summed E-state index contributed by atoms with van der Waals surface area (Å²) in [6, 6.07) is 13.5. The van der Waals surface area contributed by atoms with Crippen molar-refractivity contribution in [3.05, 3.63) is 70.2 Å². The number of amides is 2. The van der Waals surface area contributed by atoms with Crippen molar-refractivity contribution < 1.29 is 33.0 Å². The van der Waals surface area contributed by atoms with Gasteiger partial charge in [-0.05, 0) is 23.6 Å². The van der Waals surface area contributed by atoms with Crippen LogP contribution in [0.5, 0.6) is 11.5 Å². The van der Waals surface area contributed by atoms with Crippen LogP contribution in [0.2, 0.25) is 0 Å². The maximum absolute atomic E-state index is 14.3. The number of nitrogens with zero attached hydrogens (tertiary/aromatic N) is 2. The topological polar surface area (TPSA) is 118 Å². The lowest BCUT2D eigenvalue weighted by atomic mass is 10.1. The second-order valence-electron chi connectivity index (χ2n) is 7.17. The molecule has 11 heteroatoms. The molecule has 1 aromatic heterocycles. The monoisotopic (exact) mass is 511 g/mol. The second kappa shape index (κ2) is 12.3. The fourth-order valence-corrected chi connectivity index (χ4v) is 3.86. The Morgan fingerprint density at radius 2 is 1.81 bits per heavy atom. The van der Waals surface area contributed by atoms with Gasteiger partial charge in [-0.15, -0.1) is 11.3 Å². The third kappa shape index (κ3) is 6.17. The smallest absolute Gasteiger partial charge is 0.340 e. The molecule has 0 aliphatic carbocycles. The molecule has 0 aliphatic heterocycles. The lowest BCUT2D eigenvalue weighted by Crippen LogP contribution is -2.36. The van der Waals surface area contributed by atoms with E-state index in [1.807, 2.05) is 6.07 Å². The van der Waals surface area contributed by atoms with Gasteiger partial charge >= 0.3 is 5.97 Å². The zero-order chi connectivity index (χ0) is 26.1. The number of para-hydroxylation sites is 1. The van der Waals surface area contributed by atoms with Crippen LogP contribution in [0.15, 0.2) is 53.9 Å². The van der Waals surface area contributed by atoms with Gasteiger partial charge in [0.25, 0.3) is 11.8 Å². The van der Waals surface area contributed by atoms with Crippen LogP contribution >= 0.6 is 11.3 Å². The molecule has 1 N–H and O–H groups in total. The van der Waals surface area contributed by atoms with E-state index in [1.54, 1.807) is 23.6 Å². The highest BCUT2D eigenvalue weighted by Crippen LogP contribution is 2.34. The number of esters is 1. The zero-order valence-electron chi connectivity index (χ0n) is 19.4. The Morgan fingerprint density at radius 3 is 2.44 bits per heavy atom. The summed E-state index contributed by atoms with van der Waals surface area (Å²) < 4.78 is 30.0. The number of nitriles is 1. The Balaban J connectivity index is 1.84.